The van der Waals surface area contributed by atoms with Gasteiger partial charge in [0.15, 0.2) is 11.5 Å². The number of hydrogen-bond acceptors (Lipinski definition) is 6. The Morgan fingerprint density at radius 3 is 1.79 bits per heavy atom. The average Bonchev–Trinajstić information content (AvgIpc) is 2.77. The molecule has 0 aliphatic heterocycles. The fraction of sp³-hybridized carbons (Fsp3) is 0.500. The number of sulfonamides is 2. The second kappa shape index (κ2) is 8.42. The zero-order valence-corrected chi connectivity index (χ0v) is 20.9. The van der Waals surface area contributed by atoms with Crippen LogP contribution in [0, 0.1) is 17.8 Å². The van der Waals surface area contributed by atoms with Crippen LogP contribution in [-0.2, 0) is 20.0 Å². The van der Waals surface area contributed by atoms with E-state index in [0.717, 1.165) is 19.3 Å². The van der Waals surface area contributed by atoms with Gasteiger partial charge in [-0.25, -0.2) is 21.6 Å². The van der Waals surface area contributed by atoms with E-state index >= 15 is 0 Å². The lowest BCUT2D eigenvalue weighted by Gasteiger charge is -2.56. The highest BCUT2D eigenvalue weighted by molar-refractivity contribution is 7.92. The summed E-state index contributed by atoms with van der Waals surface area (Å²) < 4.78 is 67.9. The molecule has 184 valence electrons. The minimum Gasteiger partial charge on any atom is -0.493 e. The minimum absolute atomic E-state index is 0.00494. The molecule has 4 bridgehead atoms. The highest BCUT2D eigenvalue weighted by atomic mass is 32.2. The molecule has 6 rings (SSSR count). The van der Waals surface area contributed by atoms with Crippen LogP contribution >= 0.6 is 0 Å². The van der Waals surface area contributed by atoms with Crippen LogP contribution in [0.1, 0.15) is 38.5 Å². The molecule has 0 spiro atoms. The Hall–Kier alpha value is -2.30. The van der Waals surface area contributed by atoms with Crippen molar-refractivity contribution in [3.63, 3.8) is 0 Å². The van der Waals surface area contributed by atoms with E-state index in [4.69, 9.17) is 9.47 Å². The van der Waals surface area contributed by atoms with Crippen molar-refractivity contribution in [3.05, 3.63) is 42.5 Å². The topological polar surface area (TPSA) is 111 Å². The zero-order valence-electron chi connectivity index (χ0n) is 19.3. The van der Waals surface area contributed by atoms with Crippen molar-refractivity contribution in [3.8, 4) is 11.5 Å². The summed E-state index contributed by atoms with van der Waals surface area (Å²) >= 11 is 0. The number of rotatable bonds is 8. The maximum absolute atomic E-state index is 13.2. The van der Waals surface area contributed by atoms with Gasteiger partial charge in [-0.2, -0.15) is 0 Å². The van der Waals surface area contributed by atoms with E-state index in [2.05, 4.69) is 9.44 Å². The van der Waals surface area contributed by atoms with Crippen molar-refractivity contribution in [1.82, 2.24) is 4.72 Å². The number of hydrogen-bond donors (Lipinski definition) is 2. The van der Waals surface area contributed by atoms with Gasteiger partial charge in [0.2, 0.25) is 10.0 Å². The summed E-state index contributed by atoms with van der Waals surface area (Å²) in [7, 11) is -4.72. The fourth-order valence-electron chi connectivity index (χ4n) is 6.48. The molecule has 8 nitrogen and oxygen atoms in total. The van der Waals surface area contributed by atoms with E-state index in [1.807, 2.05) is 0 Å². The van der Waals surface area contributed by atoms with Gasteiger partial charge in [-0.05, 0) is 92.7 Å². The van der Waals surface area contributed by atoms with E-state index in [9.17, 15) is 16.8 Å². The van der Waals surface area contributed by atoms with Crippen LogP contribution in [0.5, 0.6) is 11.5 Å². The first kappa shape index (κ1) is 23.4. The van der Waals surface area contributed by atoms with Gasteiger partial charge < -0.3 is 9.47 Å². The third-order valence-corrected chi connectivity index (χ3v) is 10.4. The first-order chi connectivity index (χ1) is 16.1. The molecular formula is C24H30N2O6S2. The van der Waals surface area contributed by atoms with Crippen molar-refractivity contribution < 1.29 is 26.3 Å². The quantitative estimate of drug-likeness (QED) is 0.564. The summed E-state index contributed by atoms with van der Waals surface area (Å²) in [5.41, 5.74) is -0.0649. The molecule has 0 saturated heterocycles. The second-order valence-corrected chi connectivity index (χ2v) is 13.3. The van der Waals surface area contributed by atoms with Crippen LogP contribution in [0.2, 0.25) is 0 Å². The maximum Gasteiger partial charge on any atom is 0.262 e. The Bertz CT molecular complexity index is 1250. The van der Waals surface area contributed by atoms with Gasteiger partial charge in [0.25, 0.3) is 10.0 Å². The SMILES string of the molecule is COc1ccc(S(=O)(=O)Nc2ccc(S(=O)(=O)NC34CC5CC(CC(C5)C3)C4)cc2)cc1OC. The molecule has 2 N–H and O–H groups in total. The van der Waals surface area contributed by atoms with Crippen molar-refractivity contribution in [2.45, 2.75) is 53.9 Å². The van der Waals surface area contributed by atoms with Crippen LogP contribution in [0.15, 0.2) is 52.3 Å². The average molecular weight is 507 g/mol. The lowest BCUT2D eigenvalue weighted by atomic mass is 9.53. The van der Waals surface area contributed by atoms with Gasteiger partial charge >= 0.3 is 0 Å². The Kier molecular flexibility index (Phi) is 5.81. The van der Waals surface area contributed by atoms with Crippen LogP contribution in [-0.4, -0.2) is 36.6 Å². The summed E-state index contributed by atoms with van der Waals surface area (Å²) in [6.45, 7) is 0. The summed E-state index contributed by atoms with van der Waals surface area (Å²) in [4.78, 5) is 0.141. The van der Waals surface area contributed by atoms with Crippen molar-refractivity contribution in [1.29, 1.82) is 0 Å². The smallest absolute Gasteiger partial charge is 0.262 e. The van der Waals surface area contributed by atoms with Crippen LogP contribution < -0.4 is 18.9 Å². The van der Waals surface area contributed by atoms with Crippen LogP contribution in [0.3, 0.4) is 0 Å². The monoisotopic (exact) mass is 506 g/mol. The Morgan fingerprint density at radius 1 is 0.735 bits per heavy atom. The number of nitrogens with one attached hydrogen (secondary N) is 2. The van der Waals surface area contributed by atoms with Gasteiger partial charge in [-0.15, -0.1) is 0 Å². The molecule has 0 radical (unpaired) electrons. The first-order valence-corrected chi connectivity index (χ1v) is 14.5. The molecule has 2 aromatic rings. The van der Waals surface area contributed by atoms with Crippen molar-refractivity contribution in [2.24, 2.45) is 17.8 Å². The van der Waals surface area contributed by atoms with E-state index in [0.29, 0.717) is 29.3 Å². The molecule has 0 unspecified atom stereocenters. The highest BCUT2D eigenvalue weighted by Crippen LogP contribution is 2.56. The van der Waals surface area contributed by atoms with E-state index in [1.54, 1.807) is 0 Å². The minimum atomic E-state index is -3.91. The molecule has 4 aliphatic carbocycles. The molecule has 4 saturated carbocycles. The third kappa shape index (κ3) is 4.38. The van der Waals surface area contributed by atoms with E-state index in [-0.39, 0.29) is 21.0 Å². The van der Waals surface area contributed by atoms with Crippen LogP contribution in [0.4, 0.5) is 5.69 Å². The summed E-state index contributed by atoms with van der Waals surface area (Å²) in [5.74, 6) is 2.59. The second-order valence-electron chi connectivity index (χ2n) is 9.95. The zero-order chi connectivity index (χ0) is 24.1. The van der Waals surface area contributed by atoms with Crippen molar-refractivity contribution >= 4 is 25.7 Å². The van der Waals surface area contributed by atoms with Gasteiger partial charge in [0.05, 0.1) is 24.0 Å². The van der Waals surface area contributed by atoms with Gasteiger partial charge in [-0.1, -0.05) is 0 Å². The fourth-order valence-corrected chi connectivity index (χ4v) is 8.99. The Morgan fingerprint density at radius 2 is 1.26 bits per heavy atom. The highest BCUT2D eigenvalue weighted by Gasteiger charge is 2.52. The molecule has 0 heterocycles. The molecule has 34 heavy (non-hydrogen) atoms. The van der Waals surface area contributed by atoms with Crippen molar-refractivity contribution in [2.75, 3.05) is 18.9 Å². The van der Waals surface area contributed by atoms with E-state index in [1.165, 1.54) is 75.9 Å². The number of anilines is 1. The van der Waals surface area contributed by atoms with Gasteiger partial charge in [-0.3, -0.25) is 4.72 Å². The lowest BCUT2D eigenvalue weighted by Crippen LogP contribution is -2.59. The predicted molar refractivity (Wildman–Crippen MR) is 128 cm³/mol. The van der Waals surface area contributed by atoms with Gasteiger partial charge in [0.1, 0.15) is 0 Å². The number of benzene rings is 2. The normalized spacial score (nSPS) is 28.0. The summed E-state index contributed by atoms with van der Waals surface area (Å²) in [5, 5.41) is 0. The summed E-state index contributed by atoms with van der Waals surface area (Å²) in [6.07, 6.45) is 6.45. The molecule has 0 atom stereocenters. The number of ether oxygens (including phenoxy) is 2. The standard InChI is InChI=1S/C24H30N2O6S2/c1-31-22-8-7-21(12-23(22)32-2)33(27,28)25-19-3-5-20(6-4-19)34(29,30)26-24-13-16-9-17(14-24)11-18(10-16)15-24/h3-8,12,16-18,25-26H,9-11,13-15H2,1-2H3. The predicted octanol–water partition coefficient (Wildman–Crippen LogP) is 3.75. The first-order valence-electron chi connectivity index (χ1n) is 11.5. The largest absolute Gasteiger partial charge is 0.493 e. The third-order valence-electron chi connectivity index (χ3n) is 7.47. The number of methoxy groups -OCH3 is 2. The molecule has 4 fully saturated rings. The Balaban J connectivity index is 1.32. The molecule has 4 aliphatic rings. The van der Waals surface area contributed by atoms with Gasteiger partial charge in [0, 0.05) is 17.3 Å². The maximum atomic E-state index is 13.2. The van der Waals surface area contributed by atoms with E-state index < -0.39 is 20.0 Å². The molecule has 2 aromatic carbocycles. The summed E-state index contributed by atoms with van der Waals surface area (Å²) in [6, 6.07) is 10.1. The molecule has 0 aromatic heterocycles. The Labute approximate surface area is 201 Å². The molecule has 10 heteroatoms. The lowest BCUT2D eigenvalue weighted by molar-refractivity contribution is -0.00810. The molecule has 0 amide bonds. The molecular weight excluding hydrogens is 476 g/mol. The van der Waals surface area contributed by atoms with Crippen LogP contribution in [0.25, 0.3) is 0 Å².